The number of aryl methyl sites for hydroxylation is 2. The number of hydrogen-bond donors (Lipinski definition) is 0. The van der Waals surface area contributed by atoms with Crippen LogP contribution in [0.15, 0.2) is 6.07 Å². The van der Waals surface area contributed by atoms with Crippen molar-refractivity contribution in [3.05, 3.63) is 23.8 Å². The molecule has 0 N–H and O–H groups in total. The van der Waals surface area contributed by atoms with Crippen molar-refractivity contribution >= 4 is 0 Å². The van der Waals surface area contributed by atoms with Crippen LogP contribution >= 0.6 is 0 Å². The van der Waals surface area contributed by atoms with Crippen LogP contribution in [0.3, 0.4) is 0 Å². The maximum absolute atomic E-state index is 4.22. The molecule has 0 aliphatic rings. The number of nitrogens with zero attached hydrogens (tertiary/aromatic N) is 2. The number of aromatic nitrogens is 2. The summed E-state index contributed by atoms with van der Waals surface area (Å²) in [4.78, 5) is 8.11. The van der Waals surface area contributed by atoms with Crippen LogP contribution in [0.1, 0.15) is 24.9 Å². The molecule has 11 heavy (non-hydrogen) atoms. The zero-order chi connectivity index (χ0) is 7.40. The molecule has 0 aliphatic heterocycles. The molecule has 1 aromatic heterocycles. The molecule has 2 nitrogen and oxygen atoms in total. The van der Waals surface area contributed by atoms with Crippen molar-refractivity contribution < 1.29 is 21.1 Å². The molecular weight excluding hydrogens is 308 g/mol. The van der Waals surface area contributed by atoms with Gasteiger partial charge in [0.15, 0.2) is 0 Å². The Kier molecular flexibility index (Phi) is 5.31. The van der Waals surface area contributed by atoms with Gasteiger partial charge >= 0.3 is 0 Å². The summed E-state index contributed by atoms with van der Waals surface area (Å²) in [5, 5.41) is 0. The largest absolute Gasteiger partial charge is 0.373 e. The summed E-state index contributed by atoms with van der Waals surface area (Å²) >= 11 is 0. The first-order valence-corrected chi connectivity index (χ1v) is 3.53. The average molecular weight is 319 g/mol. The summed E-state index contributed by atoms with van der Waals surface area (Å²) in [6, 6.07) is 1.84. The zero-order valence-electron chi connectivity index (χ0n) is 6.79. The van der Waals surface area contributed by atoms with E-state index < -0.39 is 0 Å². The minimum Gasteiger partial charge on any atom is -0.373 e. The van der Waals surface area contributed by atoms with Gasteiger partial charge in [-0.3, -0.25) is 0 Å². The third kappa shape index (κ3) is 3.62. The Morgan fingerprint density at radius 3 is 2.82 bits per heavy atom. The van der Waals surface area contributed by atoms with Crippen LogP contribution in [0.2, 0.25) is 0 Å². The minimum atomic E-state index is 0. The molecule has 0 amide bonds. The van der Waals surface area contributed by atoms with E-state index in [2.05, 4.69) is 23.1 Å². The predicted octanol–water partition coefficient (Wildman–Crippen LogP) is 1.54. The van der Waals surface area contributed by atoms with Gasteiger partial charge in [0.2, 0.25) is 0 Å². The first kappa shape index (κ1) is 10.8. The molecule has 0 aromatic carbocycles. The summed E-state index contributed by atoms with van der Waals surface area (Å²) in [6.45, 7) is 4.02. The Bertz CT molecular complexity index is 213. The second-order valence-corrected chi connectivity index (χ2v) is 2.29. The van der Waals surface area contributed by atoms with E-state index in [-0.39, 0.29) is 21.1 Å². The standard InChI is InChI=1S/C8H11N2.W/c1-3-4-8-5-6-9-7(2)10-8;/h5H,3-4H2,1-2H3;/q-1;. The maximum atomic E-state index is 4.22. The topological polar surface area (TPSA) is 25.8 Å². The van der Waals surface area contributed by atoms with Crippen LogP contribution in [-0.4, -0.2) is 9.97 Å². The molecule has 0 saturated carbocycles. The van der Waals surface area contributed by atoms with Gasteiger partial charge in [0, 0.05) is 26.9 Å². The van der Waals surface area contributed by atoms with Crippen LogP contribution < -0.4 is 0 Å². The van der Waals surface area contributed by atoms with Crippen molar-refractivity contribution in [2.75, 3.05) is 0 Å². The Labute approximate surface area is 81.7 Å². The fraction of sp³-hybridized carbons (Fsp3) is 0.500. The molecule has 0 spiro atoms. The molecule has 0 atom stereocenters. The molecule has 60 valence electrons. The van der Waals surface area contributed by atoms with Crippen molar-refractivity contribution in [3.63, 3.8) is 0 Å². The van der Waals surface area contributed by atoms with Gasteiger partial charge in [0.05, 0.1) is 0 Å². The molecule has 3 heteroatoms. The molecule has 1 heterocycles. The van der Waals surface area contributed by atoms with Gasteiger partial charge in [0.1, 0.15) is 0 Å². The molecule has 0 saturated heterocycles. The normalized spacial score (nSPS) is 8.91. The molecule has 0 bridgehead atoms. The van der Waals surface area contributed by atoms with Crippen molar-refractivity contribution in [2.24, 2.45) is 0 Å². The molecule has 0 unspecified atom stereocenters. The summed E-state index contributed by atoms with van der Waals surface area (Å²) < 4.78 is 0. The predicted molar refractivity (Wildman–Crippen MR) is 39.6 cm³/mol. The van der Waals surface area contributed by atoms with Crippen molar-refractivity contribution in [3.8, 4) is 0 Å². The van der Waals surface area contributed by atoms with Gasteiger partial charge in [-0.25, -0.2) is 0 Å². The molecule has 0 radical (unpaired) electrons. The Morgan fingerprint density at radius 2 is 2.27 bits per heavy atom. The van der Waals surface area contributed by atoms with Crippen LogP contribution in [0.5, 0.6) is 0 Å². The first-order valence-electron chi connectivity index (χ1n) is 3.53. The molecule has 0 aliphatic carbocycles. The number of rotatable bonds is 2. The van der Waals surface area contributed by atoms with E-state index in [0.717, 1.165) is 24.4 Å². The fourth-order valence-corrected chi connectivity index (χ4v) is 0.850. The Hall–Kier alpha value is -0.232. The van der Waals surface area contributed by atoms with Gasteiger partial charge in [0.25, 0.3) is 0 Å². The Morgan fingerprint density at radius 1 is 1.55 bits per heavy atom. The monoisotopic (exact) mass is 319 g/mol. The zero-order valence-corrected chi connectivity index (χ0v) is 9.73. The third-order valence-corrected chi connectivity index (χ3v) is 1.27. The van der Waals surface area contributed by atoms with E-state index in [1.807, 2.05) is 13.0 Å². The van der Waals surface area contributed by atoms with Crippen LogP contribution in [0.25, 0.3) is 0 Å². The Balaban J connectivity index is 0.000001000. The van der Waals surface area contributed by atoms with Gasteiger partial charge < -0.3 is 9.97 Å². The minimum absolute atomic E-state index is 0. The summed E-state index contributed by atoms with van der Waals surface area (Å²) in [5.41, 5.74) is 1.09. The average Bonchev–Trinajstić information content (AvgIpc) is 1.88. The van der Waals surface area contributed by atoms with Crippen molar-refractivity contribution in [1.82, 2.24) is 9.97 Å². The van der Waals surface area contributed by atoms with E-state index in [9.17, 15) is 0 Å². The fourth-order valence-electron chi connectivity index (χ4n) is 0.850. The van der Waals surface area contributed by atoms with Crippen LogP contribution in [0, 0.1) is 13.1 Å². The van der Waals surface area contributed by atoms with Crippen molar-refractivity contribution in [2.45, 2.75) is 26.7 Å². The van der Waals surface area contributed by atoms with E-state index in [1.165, 1.54) is 0 Å². The quantitative estimate of drug-likeness (QED) is 0.773. The number of hydrogen-bond acceptors (Lipinski definition) is 2. The molecular formula is C8H11N2W-. The van der Waals surface area contributed by atoms with Crippen LogP contribution in [-0.2, 0) is 27.5 Å². The summed E-state index contributed by atoms with van der Waals surface area (Å²) in [7, 11) is 0. The van der Waals surface area contributed by atoms with Gasteiger partial charge in [-0.1, -0.05) is 38.6 Å². The molecule has 1 aromatic rings. The van der Waals surface area contributed by atoms with Crippen molar-refractivity contribution in [1.29, 1.82) is 0 Å². The molecule has 1 rings (SSSR count). The van der Waals surface area contributed by atoms with Gasteiger partial charge in [-0.05, 0) is 0 Å². The van der Waals surface area contributed by atoms with Gasteiger partial charge in [-0.15, -0.1) is 6.07 Å². The SMILES string of the molecule is CCCc1c[c-]nc(C)n1.[W]. The smallest absolute Gasteiger partial charge is 0.0106 e. The van der Waals surface area contributed by atoms with E-state index in [4.69, 9.17) is 0 Å². The van der Waals surface area contributed by atoms with E-state index in [0.29, 0.717) is 0 Å². The maximum Gasteiger partial charge on any atom is 0.0106 e. The second-order valence-electron chi connectivity index (χ2n) is 2.29. The second kappa shape index (κ2) is 5.42. The first-order chi connectivity index (χ1) is 4.83. The third-order valence-electron chi connectivity index (χ3n) is 1.27. The van der Waals surface area contributed by atoms with E-state index in [1.54, 1.807) is 0 Å². The molecule has 0 fully saturated rings. The summed E-state index contributed by atoms with van der Waals surface area (Å²) in [6.07, 6.45) is 4.96. The van der Waals surface area contributed by atoms with E-state index >= 15 is 0 Å². The van der Waals surface area contributed by atoms with Gasteiger partial charge in [-0.2, -0.15) is 0 Å². The summed E-state index contributed by atoms with van der Waals surface area (Å²) in [5.74, 6) is 0.811. The van der Waals surface area contributed by atoms with Crippen LogP contribution in [0.4, 0.5) is 0 Å².